The number of carbonyl (C=O) groups excluding carboxylic acids is 1. The van der Waals surface area contributed by atoms with Gasteiger partial charge in [0.25, 0.3) is 5.91 Å². The zero-order valence-electron chi connectivity index (χ0n) is 13.9. The Morgan fingerprint density at radius 2 is 1.71 bits per heavy atom. The molecule has 0 aliphatic carbocycles. The lowest BCUT2D eigenvalue weighted by atomic mass is 10.0. The first-order valence-electron chi connectivity index (χ1n) is 8.90. The van der Waals surface area contributed by atoms with E-state index in [9.17, 15) is 4.79 Å². The second-order valence-electron chi connectivity index (χ2n) is 6.71. The van der Waals surface area contributed by atoms with Crippen LogP contribution in [-0.2, 0) is 9.47 Å². The van der Waals surface area contributed by atoms with E-state index in [1.54, 1.807) is 0 Å². The van der Waals surface area contributed by atoms with Crippen molar-refractivity contribution in [3.63, 3.8) is 0 Å². The molecular weight excluding hydrogens is 308 g/mol. The molecule has 0 bridgehead atoms. The van der Waals surface area contributed by atoms with Crippen molar-refractivity contribution < 1.29 is 14.3 Å². The van der Waals surface area contributed by atoms with E-state index in [-0.39, 0.29) is 5.91 Å². The summed E-state index contributed by atoms with van der Waals surface area (Å²) >= 11 is 0. The Balaban J connectivity index is 1.44. The largest absolute Gasteiger partial charge is 0.356 e. The normalized spacial score (nSPS) is 23.7. The van der Waals surface area contributed by atoms with Crippen LogP contribution in [-0.4, -0.2) is 66.0 Å². The highest BCUT2D eigenvalue weighted by Crippen LogP contribution is 2.32. The Morgan fingerprint density at radius 1 is 1.00 bits per heavy atom. The summed E-state index contributed by atoms with van der Waals surface area (Å²) in [5.74, 6) is 0.447. The smallest absolute Gasteiger partial charge is 0.272 e. The molecule has 0 atom stereocenters. The van der Waals surface area contributed by atoms with E-state index in [1.165, 1.54) is 12.7 Å². The molecule has 1 spiro atoms. The van der Waals surface area contributed by atoms with Crippen LogP contribution in [0.15, 0.2) is 12.4 Å². The lowest BCUT2D eigenvalue weighted by Crippen LogP contribution is -2.45. The highest BCUT2D eigenvalue weighted by atomic mass is 16.7. The van der Waals surface area contributed by atoms with Gasteiger partial charge in [-0.15, -0.1) is 0 Å². The highest BCUT2D eigenvalue weighted by molar-refractivity contribution is 5.93. The molecule has 0 aromatic carbocycles. The SMILES string of the molecule is O=C(c1cc(N2CCC3(CC2)OCCO3)ncn1)N1CCCCC1. The van der Waals surface area contributed by atoms with Gasteiger partial charge in [0.15, 0.2) is 5.79 Å². The van der Waals surface area contributed by atoms with Crippen LogP contribution in [0.2, 0.25) is 0 Å². The number of rotatable bonds is 2. The average Bonchev–Trinajstić information content (AvgIpc) is 3.10. The van der Waals surface area contributed by atoms with Crippen LogP contribution in [0, 0.1) is 0 Å². The Bertz CT molecular complexity index is 587. The maximum atomic E-state index is 12.6. The second kappa shape index (κ2) is 6.64. The molecule has 24 heavy (non-hydrogen) atoms. The van der Waals surface area contributed by atoms with Crippen LogP contribution in [0.5, 0.6) is 0 Å². The van der Waals surface area contributed by atoms with Crippen molar-refractivity contribution in [1.29, 1.82) is 0 Å². The molecule has 4 rings (SSSR count). The summed E-state index contributed by atoms with van der Waals surface area (Å²) in [5, 5.41) is 0. The van der Waals surface area contributed by atoms with Gasteiger partial charge in [0.05, 0.1) is 13.2 Å². The van der Waals surface area contributed by atoms with Gasteiger partial charge in [-0.1, -0.05) is 0 Å². The first-order chi connectivity index (χ1) is 11.8. The molecule has 0 saturated carbocycles. The predicted molar refractivity (Wildman–Crippen MR) is 87.9 cm³/mol. The predicted octanol–water partition coefficient (Wildman–Crippen LogP) is 1.45. The van der Waals surface area contributed by atoms with Gasteiger partial charge in [0.2, 0.25) is 0 Å². The summed E-state index contributed by atoms with van der Waals surface area (Å²) in [7, 11) is 0. The van der Waals surface area contributed by atoms with Crippen LogP contribution >= 0.6 is 0 Å². The summed E-state index contributed by atoms with van der Waals surface area (Å²) in [6.07, 6.45) is 6.52. The molecule has 0 N–H and O–H groups in total. The molecule has 130 valence electrons. The molecule has 7 heteroatoms. The minimum Gasteiger partial charge on any atom is -0.356 e. The van der Waals surface area contributed by atoms with Crippen molar-refractivity contribution in [2.24, 2.45) is 0 Å². The maximum absolute atomic E-state index is 12.6. The van der Waals surface area contributed by atoms with Crippen molar-refractivity contribution in [1.82, 2.24) is 14.9 Å². The fourth-order valence-corrected chi connectivity index (χ4v) is 3.76. The Morgan fingerprint density at radius 3 is 2.42 bits per heavy atom. The molecule has 3 aliphatic heterocycles. The Hall–Kier alpha value is -1.73. The van der Waals surface area contributed by atoms with Crippen molar-refractivity contribution in [2.45, 2.75) is 37.9 Å². The van der Waals surface area contributed by atoms with Crippen LogP contribution in [0.1, 0.15) is 42.6 Å². The number of aromatic nitrogens is 2. The number of likely N-dealkylation sites (tertiary alicyclic amines) is 1. The zero-order chi connectivity index (χ0) is 16.4. The van der Waals surface area contributed by atoms with Gasteiger partial charge in [0, 0.05) is 45.1 Å². The van der Waals surface area contributed by atoms with Crippen LogP contribution in [0.25, 0.3) is 0 Å². The van der Waals surface area contributed by atoms with E-state index in [0.717, 1.165) is 57.7 Å². The van der Waals surface area contributed by atoms with Crippen molar-refractivity contribution in [3.05, 3.63) is 18.1 Å². The average molecular weight is 332 g/mol. The topological polar surface area (TPSA) is 67.8 Å². The summed E-state index contributed by atoms with van der Waals surface area (Å²) in [4.78, 5) is 25.3. The van der Waals surface area contributed by atoms with Crippen molar-refractivity contribution in [2.75, 3.05) is 44.3 Å². The molecule has 4 heterocycles. The monoisotopic (exact) mass is 332 g/mol. The number of carbonyl (C=O) groups is 1. The van der Waals surface area contributed by atoms with E-state index in [2.05, 4.69) is 14.9 Å². The number of anilines is 1. The Kier molecular flexibility index (Phi) is 4.37. The number of hydrogen-bond acceptors (Lipinski definition) is 6. The van der Waals surface area contributed by atoms with Gasteiger partial charge in [-0.05, 0) is 19.3 Å². The summed E-state index contributed by atoms with van der Waals surface area (Å²) < 4.78 is 11.5. The van der Waals surface area contributed by atoms with Crippen LogP contribution < -0.4 is 4.90 Å². The van der Waals surface area contributed by atoms with E-state index in [4.69, 9.17) is 9.47 Å². The van der Waals surface area contributed by atoms with E-state index < -0.39 is 5.79 Å². The molecule has 1 aromatic heterocycles. The van der Waals surface area contributed by atoms with Gasteiger partial charge in [-0.2, -0.15) is 0 Å². The van der Waals surface area contributed by atoms with Gasteiger partial charge < -0.3 is 19.3 Å². The van der Waals surface area contributed by atoms with Gasteiger partial charge in [-0.25, -0.2) is 9.97 Å². The molecule has 1 aromatic rings. The standard InChI is InChI=1S/C17H24N4O3/c22-16(21-6-2-1-3-7-21)14-12-15(19-13-18-14)20-8-4-17(5-9-20)23-10-11-24-17/h12-13H,1-11H2. The lowest BCUT2D eigenvalue weighted by Gasteiger charge is -2.38. The minimum absolute atomic E-state index is 0.0225. The number of nitrogens with zero attached hydrogens (tertiary/aromatic N) is 4. The first-order valence-corrected chi connectivity index (χ1v) is 8.90. The van der Waals surface area contributed by atoms with E-state index >= 15 is 0 Å². The summed E-state index contributed by atoms with van der Waals surface area (Å²) in [6, 6.07) is 1.82. The second-order valence-corrected chi connectivity index (χ2v) is 6.71. The maximum Gasteiger partial charge on any atom is 0.272 e. The molecule has 3 fully saturated rings. The highest BCUT2D eigenvalue weighted by Gasteiger charge is 2.40. The number of hydrogen-bond donors (Lipinski definition) is 0. The van der Waals surface area contributed by atoms with Crippen molar-refractivity contribution >= 4 is 11.7 Å². The van der Waals surface area contributed by atoms with E-state index in [1.807, 2.05) is 11.0 Å². The fourth-order valence-electron chi connectivity index (χ4n) is 3.76. The third-order valence-electron chi connectivity index (χ3n) is 5.18. The third kappa shape index (κ3) is 3.10. The molecule has 0 radical (unpaired) electrons. The molecule has 0 unspecified atom stereocenters. The fraction of sp³-hybridized carbons (Fsp3) is 0.706. The quantitative estimate of drug-likeness (QED) is 0.816. The Labute approximate surface area is 142 Å². The number of ether oxygens (including phenoxy) is 2. The summed E-state index contributed by atoms with van der Waals surface area (Å²) in [5.41, 5.74) is 0.496. The number of piperidine rings is 2. The third-order valence-corrected chi connectivity index (χ3v) is 5.18. The summed E-state index contributed by atoms with van der Waals surface area (Å²) in [6.45, 7) is 4.66. The van der Waals surface area contributed by atoms with Gasteiger partial charge >= 0.3 is 0 Å². The molecule has 1 amide bonds. The first kappa shape index (κ1) is 15.8. The van der Waals surface area contributed by atoms with E-state index in [0.29, 0.717) is 18.9 Å². The molecule has 7 nitrogen and oxygen atoms in total. The van der Waals surface area contributed by atoms with Gasteiger partial charge in [0.1, 0.15) is 17.8 Å². The van der Waals surface area contributed by atoms with Gasteiger partial charge in [-0.3, -0.25) is 4.79 Å². The minimum atomic E-state index is -0.393. The van der Waals surface area contributed by atoms with Crippen molar-refractivity contribution in [3.8, 4) is 0 Å². The van der Waals surface area contributed by atoms with Crippen LogP contribution in [0.3, 0.4) is 0 Å². The lowest BCUT2D eigenvalue weighted by molar-refractivity contribution is -0.169. The molecular formula is C17H24N4O3. The molecule has 3 aliphatic rings. The molecule has 3 saturated heterocycles. The zero-order valence-corrected chi connectivity index (χ0v) is 13.9. The number of amides is 1. The van der Waals surface area contributed by atoms with Crippen LogP contribution in [0.4, 0.5) is 5.82 Å².